The van der Waals surface area contributed by atoms with Gasteiger partial charge in [-0.2, -0.15) is 22.0 Å². The van der Waals surface area contributed by atoms with E-state index in [1.807, 2.05) is 16.1 Å². The van der Waals surface area contributed by atoms with Crippen molar-refractivity contribution in [2.24, 2.45) is 0 Å². The molecule has 0 atom stereocenters. The lowest BCUT2D eigenvalue weighted by Crippen LogP contribution is -2.49. The van der Waals surface area contributed by atoms with Crippen molar-refractivity contribution in [3.63, 3.8) is 0 Å². The summed E-state index contributed by atoms with van der Waals surface area (Å²) >= 11 is 1.67. The Morgan fingerprint density at radius 2 is 2.21 bits per heavy atom. The zero-order valence-corrected chi connectivity index (χ0v) is 14.2. The number of anilines is 1. The van der Waals surface area contributed by atoms with Crippen molar-refractivity contribution in [2.75, 3.05) is 43.1 Å². The predicted molar refractivity (Wildman–Crippen MR) is 90.7 cm³/mol. The molecule has 0 N–H and O–H groups in total. The molecule has 0 aliphatic carbocycles. The summed E-state index contributed by atoms with van der Waals surface area (Å²) in [6.07, 6.45) is 4.09. The number of carbonyl (C=O) groups excluding carboxylic acids is 1. The molecule has 7 nitrogen and oxygen atoms in total. The molecule has 8 heteroatoms. The van der Waals surface area contributed by atoms with Gasteiger partial charge in [0.15, 0.2) is 5.76 Å². The Kier molecular flexibility index (Phi) is 5.11. The lowest BCUT2D eigenvalue weighted by Gasteiger charge is -2.34. The minimum Gasteiger partial charge on any atom is -0.459 e. The molecule has 0 unspecified atom stereocenters. The van der Waals surface area contributed by atoms with Gasteiger partial charge in [-0.25, -0.2) is 0 Å². The third-order valence-corrected chi connectivity index (χ3v) is 4.50. The van der Waals surface area contributed by atoms with Crippen molar-refractivity contribution < 1.29 is 13.6 Å². The van der Waals surface area contributed by atoms with Gasteiger partial charge in [-0.1, -0.05) is 0 Å². The molecule has 3 heterocycles. The second-order valence-corrected chi connectivity index (χ2v) is 6.36. The number of oxazole rings is 1. The standard InChI is InChI=1S/C16H18N4O3S/c1-24-10-4-14(21)19-5-7-20(8-6-19)16-12(11-17)18-15(23-16)13-3-2-9-22-13/h2-3,9H,4-8,10H2,1H3. The fourth-order valence-electron chi connectivity index (χ4n) is 2.61. The van der Waals surface area contributed by atoms with Crippen LogP contribution in [0.25, 0.3) is 11.7 Å². The molecule has 1 amide bonds. The highest BCUT2D eigenvalue weighted by Crippen LogP contribution is 2.29. The average molecular weight is 346 g/mol. The highest BCUT2D eigenvalue weighted by Gasteiger charge is 2.26. The van der Waals surface area contributed by atoms with Crippen LogP contribution in [0.15, 0.2) is 27.2 Å². The normalized spacial score (nSPS) is 14.7. The number of hydrogen-bond donors (Lipinski definition) is 0. The number of amides is 1. The van der Waals surface area contributed by atoms with Gasteiger partial charge in [-0.3, -0.25) is 4.79 Å². The number of aromatic nitrogens is 1. The van der Waals surface area contributed by atoms with E-state index in [1.54, 1.807) is 23.9 Å². The first-order valence-electron chi connectivity index (χ1n) is 7.69. The lowest BCUT2D eigenvalue weighted by atomic mass is 10.3. The van der Waals surface area contributed by atoms with Crippen LogP contribution in [0.1, 0.15) is 12.1 Å². The number of piperazine rings is 1. The Morgan fingerprint density at radius 1 is 1.42 bits per heavy atom. The van der Waals surface area contributed by atoms with E-state index < -0.39 is 0 Å². The Hall–Kier alpha value is -2.40. The molecule has 2 aromatic heterocycles. The molecule has 2 aromatic rings. The van der Waals surface area contributed by atoms with E-state index in [2.05, 4.69) is 11.1 Å². The highest BCUT2D eigenvalue weighted by atomic mass is 32.2. The number of thioether (sulfide) groups is 1. The Balaban J connectivity index is 1.68. The van der Waals surface area contributed by atoms with Crippen LogP contribution in [0.5, 0.6) is 0 Å². The van der Waals surface area contributed by atoms with Crippen LogP contribution in [0.3, 0.4) is 0 Å². The number of hydrogen-bond acceptors (Lipinski definition) is 7. The number of rotatable bonds is 5. The quantitative estimate of drug-likeness (QED) is 0.820. The second-order valence-electron chi connectivity index (χ2n) is 5.37. The Morgan fingerprint density at radius 3 is 2.83 bits per heavy atom. The molecular weight excluding hydrogens is 328 g/mol. The van der Waals surface area contributed by atoms with Crippen LogP contribution in [-0.2, 0) is 4.79 Å². The third kappa shape index (κ3) is 3.41. The van der Waals surface area contributed by atoms with Crippen LogP contribution in [0.4, 0.5) is 5.88 Å². The van der Waals surface area contributed by atoms with Gasteiger partial charge in [-0.15, -0.1) is 0 Å². The van der Waals surface area contributed by atoms with Gasteiger partial charge in [0, 0.05) is 38.4 Å². The molecule has 0 aromatic carbocycles. The monoisotopic (exact) mass is 346 g/mol. The summed E-state index contributed by atoms with van der Waals surface area (Å²) in [4.78, 5) is 20.1. The largest absolute Gasteiger partial charge is 0.459 e. The van der Waals surface area contributed by atoms with Crippen molar-refractivity contribution in [2.45, 2.75) is 6.42 Å². The number of nitriles is 1. The molecule has 1 aliphatic rings. The molecule has 0 saturated carbocycles. The maximum atomic E-state index is 12.1. The third-order valence-electron chi connectivity index (χ3n) is 3.89. The van der Waals surface area contributed by atoms with Crippen LogP contribution < -0.4 is 4.90 Å². The average Bonchev–Trinajstić information content (AvgIpc) is 3.28. The smallest absolute Gasteiger partial charge is 0.266 e. The van der Waals surface area contributed by atoms with E-state index >= 15 is 0 Å². The van der Waals surface area contributed by atoms with Gasteiger partial charge in [0.2, 0.25) is 17.5 Å². The van der Waals surface area contributed by atoms with Crippen molar-refractivity contribution in [3.05, 3.63) is 24.1 Å². The number of nitrogens with zero attached hydrogens (tertiary/aromatic N) is 4. The molecular formula is C16H18N4O3S. The van der Waals surface area contributed by atoms with Gasteiger partial charge < -0.3 is 18.6 Å². The maximum absolute atomic E-state index is 12.1. The first-order valence-corrected chi connectivity index (χ1v) is 9.08. The SMILES string of the molecule is CSCCC(=O)N1CCN(c2oc(-c3ccco3)nc2C#N)CC1. The zero-order valence-electron chi connectivity index (χ0n) is 13.4. The van der Waals surface area contributed by atoms with Crippen molar-refractivity contribution >= 4 is 23.6 Å². The van der Waals surface area contributed by atoms with E-state index in [4.69, 9.17) is 8.83 Å². The van der Waals surface area contributed by atoms with Crippen LogP contribution in [-0.4, -0.2) is 54.0 Å². The summed E-state index contributed by atoms with van der Waals surface area (Å²) in [6, 6.07) is 5.54. The first-order chi connectivity index (χ1) is 11.7. The van der Waals surface area contributed by atoms with Gasteiger partial charge in [0.1, 0.15) is 6.07 Å². The molecule has 0 spiro atoms. The van der Waals surface area contributed by atoms with E-state index in [0.29, 0.717) is 50.1 Å². The van der Waals surface area contributed by atoms with Crippen molar-refractivity contribution in [1.29, 1.82) is 5.26 Å². The van der Waals surface area contributed by atoms with Gasteiger partial charge in [-0.05, 0) is 18.4 Å². The molecule has 1 aliphatic heterocycles. The highest BCUT2D eigenvalue weighted by molar-refractivity contribution is 7.98. The molecule has 3 rings (SSSR count). The fourth-order valence-corrected chi connectivity index (χ4v) is 2.99. The molecule has 24 heavy (non-hydrogen) atoms. The predicted octanol–water partition coefficient (Wildman–Crippen LogP) is 2.21. The fraction of sp³-hybridized carbons (Fsp3) is 0.438. The van der Waals surface area contributed by atoms with Crippen LogP contribution >= 0.6 is 11.8 Å². The van der Waals surface area contributed by atoms with Crippen LogP contribution in [0, 0.1) is 11.3 Å². The molecule has 1 fully saturated rings. The molecule has 0 bridgehead atoms. The lowest BCUT2D eigenvalue weighted by molar-refractivity contribution is -0.131. The number of furan rings is 1. The number of carbonyl (C=O) groups is 1. The van der Waals surface area contributed by atoms with E-state index in [0.717, 1.165) is 5.75 Å². The summed E-state index contributed by atoms with van der Waals surface area (Å²) in [6.45, 7) is 2.47. The van der Waals surface area contributed by atoms with E-state index in [1.165, 1.54) is 6.26 Å². The van der Waals surface area contributed by atoms with Crippen molar-refractivity contribution in [3.8, 4) is 17.7 Å². The molecule has 1 saturated heterocycles. The summed E-state index contributed by atoms with van der Waals surface area (Å²) in [5.74, 6) is 2.25. The second kappa shape index (κ2) is 7.45. The summed E-state index contributed by atoms with van der Waals surface area (Å²) in [5.41, 5.74) is 0.239. The van der Waals surface area contributed by atoms with Gasteiger partial charge in [0.05, 0.1) is 6.26 Å². The Labute approximate surface area is 144 Å². The summed E-state index contributed by atoms with van der Waals surface area (Å²) < 4.78 is 11.0. The summed E-state index contributed by atoms with van der Waals surface area (Å²) in [5, 5.41) is 9.30. The van der Waals surface area contributed by atoms with Gasteiger partial charge >= 0.3 is 0 Å². The maximum Gasteiger partial charge on any atom is 0.266 e. The molecule has 126 valence electrons. The van der Waals surface area contributed by atoms with E-state index in [9.17, 15) is 10.1 Å². The molecule has 0 radical (unpaired) electrons. The zero-order chi connectivity index (χ0) is 16.9. The van der Waals surface area contributed by atoms with E-state index in [-0.39, 0.29) is 11.6 Å². The van der Waals surface area contributed by atoms with Crippen molar-refractivity contribution in [1.82, 2.24) is 9.88 Å². The minimum absolute atomic E-state index is 0.179. The summed E-state index contributed by atoms with van der Waals surface area (Å²) in [7, 11) is 0. The first kappa shape index (κ1) is 16.5. The van der Waals surface area contributed by atoms with Crippen LogP contribution in [0.2, 0.25) is 0 Å². The topological polar surface area (TPSA) is 86.5 Å². The minimum atomic E-state index is 0.179. The Bertz CT molecular complexity index is 727. The van der Waals surface area contributed by atoms with Gasteiger partial charge in [0.25, 0.3) is 5.89 Å².